The zero-order chi connectivity index (χ0) is 16.9. The van der Waals surface area contributed by atoms with Gasteiger partial charge in [-0.25, -0.2) is 4.79 Å². The lowest BCUT2D eigenvalue weighted by Crippen LogP contribution is -2.54. The van der Waals surface area contributed by atoms with Crippen LogP contribution < -0.4 is 16.0 Å². The van der Waals surface area contributed by atoms with Crippen molar-refractivity contribution in [3.05, 3.63) is 0 Å². The van der Waals surface area contributed by atoms with Crippen molar-refractivity contribution >= 4 is 24.3 Å². The van der Waals surface area contributed by atoms with Crippen molar-refractivity contribution in [1.82, 2.24) is 20.9 Å². The summed E-state index contributed by atoms with van der Waals surface area (Å²) in [6.45, 7) is 5.44. The van der Waals surface area contributed by atoms with Crippen molar-refractivity contribution in [1.29, 1.82) is 0 Å². The van der Waals surface area contributed by atoms with Gasteiger partial charge in [0.05, 0.1) is 5.92 Å². The number of nitrogens with one attached hydrogen (secondary N) is 3. The van der Waals surface area contributed by atoms with Crippen molar-refractivity contribution in [2.45, 2.75) is 64.0 Å². The molecule has 2 heterocycles. The summed E-state index contributed by atoms with van der Waals surface area (Å²) in [7, 11) is 0. The topological polar surface area (TPSA) is 73.5 Å². The second kappa shape index (κ2) is 9.62. The fourth-order valence-corrected chi connectivity index (χ4v) is 4.24. The first-order valence-electron chi connectivity index (χ1n) is 9.70. The van der Waals surface area contributed by atoms with Crippen molar-refractivity contribution in [2.75, 3.05) is 26.2 Å². The molecule has 0 aromatic carbocycles. The third-order valence-corrected chi connectivity index (χ3v) is 5.88. The fourth-order valence-electron chi connectivity index (χ4n) is 4.24. The van der Waals surface area contributed by atoms with Crippen molar-refractivity contribution < 1.29 is 9.59 Å². The number of urea groups is 1. The molecule has 0 radical (unpaired) electrons. The Morgan fingerprint density at radius 2 is 1.80 bits per heavy atom. The van der Waals surface area contributed by atoms with Crippen LogP contribution in [0.4, 0.5) is 4.79 Å². The second-order valence-electron chi connectivity index (χ2n) is 7.80. The van der Waals surface area contributed by atoms with Crippen LogP contribution in [0.5, 0.6) is 0 Å². The number of amides is 3. The van der Waals surface area contributed by atoms with Gasteiger partial charge in [0, 0.05) is 25.2 Å². The molecule has 3 aliphatic rings. The van der Waals surface area contributed by atoms with E-state index in [1.165, 1.54) is 12.8 Å². The van der Waals surface area contributed by atoms with Crippen LogP contribution >= 0.6 is 12.4 Å². The van der Waals surface area contributed by atoms with Gasteiger partial charge in [-0.05, 0) is 51.1 Å². The van der Waals surface area contributed by atoms with E-state index < -0.39 is 0 Å². The van der Waals surface area contributed by atoms with Gasteiger partial charge in [-0.15, -0.1) is 12.4 Å². The summed E-state index contributed by atoms with van der Waals surface area (Å²) in [5.41, 5.74) is 0. The zero-order valence-corrected chi connectivity index (χ0v) is 16.1. The largest absolute Gasteiger partial charge is 0.353 e. The maximum atomic E-state index is 12.6. The standard InChI is InChI=1S/C18H32N4O2.ClH/c1-13-11-19-9-8-16(13)21-17(23)14-5-4-10-22(12-14)18(24)20-15-6-2-3-7-15;/h13-16,19H,2-12H2,1H3,(H,20,24)(H,21,23);1H. The molecule has 3 fully saturated rings. The van der Waals surface area contributed by atoms with E-state index in [2.05, 4.69) is 22.9 Å². The first-order chi connectivity index (χ1) is 11.6. The highest BCUT2D eigenvalue weighted by Crippen LogP contribution is 2.21. The predicted octanol–water partition coefficient (Wildman–Crippen LogP) is 1.89. The van der Waals surface area contributed by atoms with Gasteiger partial charge in [0.25, 0.3) is 0 Å². The maximum Gasteiger partial charge on any atom is 0.317 e. The number of hydrogen-bond donors (Lipinski definition) is 3. The first-order valence-corrected chi connectivity index (χ1v) is 9.70. The average molecular weight is 373 g/mol. The number of halogens is 1. The van der Waals surface area contributed by atoms with Gasteiger partial charge in [0.2, 0.25) is 5.91 Å². The molecule has 2 saturated heterocycles. The molecule has 1 saturated carbocycles. The van der Waals surface area contributed by atoms with Crippen LogP contribution in [0.15, 0.2) is 0 Å². The molecule has 3 rings (SSSR count). The Kier molecular flexibility index (Phi) is 7.81. The zero-order valence-electron chi connectivity index (χ0n) is 15.3. The number of carbonyl (C=O) groups is 2. The van der Waals surface area contributed by atoms with Gasteiger partial charge < -0.3 is 20.9 Å². The third kappa shape index (κ3) is 5.48. The summed E-state index contributed by atoms with van der Waals surface area (Å²) < 4.78 is 0. The molecule has 25 heavy (non-hydrogen) atoms. The van der Waals surface area contributed by atoms with E-state index in [9.17, 15) is 9.59 Å². The Labute approximate surface area is 157 Å². The van der Waals surface area contributed by atoms with Crippen LogP contribution in [0.25, 0.3) is 0 Å². The van der Waals surface area contributed by atoms with Crippen LogP contribution in [0, 0.1) is 11.8 Å². The quantitative estimate of drug-likeness (QED) is 0.708. The van der Waals surface area contributed by atoms with Crippen molar-refractivity contribution in [2.24, 2.45) is 11.8 Å². The second-order valence-corrected chi connectivity index (χ2v) is 7.80. The smallest absolute Gasteiger partial charge is 0.317 e. The van der Waals surface area contributed by atoms with E-state index in [-0.39, 0.29) is 36.3 Å². The van der Waals surface area contributed by atoms with Gasteiger partial charge in [-0.1, -0.05) is 19.8 Å². The van der Waals surface area contributed by atoms with Gasteiger partial charge in [-0.3, -0.25) is 4.79 Å². The minimum atomic E-state index is -0.0600. The number of nitrogens with zero attached hydrogens (tertiary/aromatic N) is 1. The molecule has 0 aromatic rings. The Morgan fingerprint density at radius 1 is 1.04 bits per heavy atom. The normalized spacial score (nSPS) is 30.4. The van der Waals surface area contributed by atoms with Crippen LogP contribution in [0.2, 0.25) is 0 Å². The number of carbonyl (C=O) groups excluding carboxylic acids is 2. The summed E-state index contributed by atoms with van der Waals surface area (Å²) >= 11 is 0. The summed E-state index contributed by atoms with van der Waals surface area (Å²) in [6, 6.07) is 0.623. The van der Waals surface area contributed by atoms with E-state index in [1.54, 1.807) is 0 Å². The highest BCUT2D eigenvalue weighted by atomic mass is 35.5. The fraction of sp³-hybridized carbons (Fsp3) is 0.889. The van der Waals surface area contributed by atoms with Crippen molar-refractivity contribution in [3.8, 4) is 0 Å². The van der Waals surface area contributed by atoms with Crippen LogP contribution in [0.1, 0.15) is 51.9 Å². The van der Waals surface area contributed by atoms with Gasteiger partial charge >= 0.3 is 6.03 Å². The Balaban J connectivity index is 0.00000225. The lowest BCUT2D eigenvalue weighted by Gasteiger charge is -2.35. The molecule has 3 unspecified atom stereocenters. The maximum absolute atomic E-state index is 12.6. The van der Waals surface area contributed by atoms with E-state index in [0.29, 0.717) is 18.5 Å². The highest BCUT2D eigenvalue weighted by Gasteiger charge is 2.32. The molecular formula is C18H33ClN4O2. The molecule has 3 atom stereocenters. The van der Waals surface area contributed by atoms with Gasteiger partial charge in [0.1, 0.15) is 0 Å². The van der Waals surface area contributed by atoms with Gasteiger partial charge in [-0.2, -0.15) is 0 Å². The molecule has 7 heteroatoms. The monoisotopic (exact) mass is 372 g/mol. The average Bonchev–Trinajstić information content (AvgIpc) is 3.10. The summed E-state index contributed by atoms with van der Waals surface area (Å²) in [6.07, 6.45) is 7.41. The molecule has 1 aliphatic carbocycles. The molecule has 144 valence electrons. The van der Waals surface area contributed by atoms with E-state index in [0.717, 1.165) is 51.7 Å². The summed E-state index contributed by atoms with van der Waals surface area (Å²) in [4.78, 5) is 26.9. The van der Waals surface area contributed by atoms with Crippen molar-refractivity contribution in [3.63, 3.8) is 0 Å². The number of hydrogen-bond acceptors (Lipinski definition) is 3. The minimum absolute atomic E-state index is 0. The molecule has 0 bridgehead atoms. The van der Waals surface area contributed by atoms with Crippen LogP contribution in [0.3, 0.4) is 0 Å². The summed E-state index contributed by atoms with van der Waals surface area (Å²) in [5.74, 6) is 0.537. The van der Waals surface area contributed by atoms with E-state index in [1.807, 2.05) is 4.90 Å². The SMILES string of the molecule is CC1CNCCC1NC(=O)C1CCCN(C(=O)NC2CCCC2)C1.Cl. The third-order valence-electron chi connectivity index (χ3n) is 5.88. The Morgan fingerprint density at radius 3 is 2.52 bits per heavy atom. The van der Waals surface area contributed by atoms with Crippen LogP contribution in [-0.4, -0.2) is 55.1 Å². The number of likely N-dealkylation sites (tertiary alicyclic amines) is 1. The number of rotatable bonds is 3. The number of piperidine rings is 2. The first kappa shape index (κ1) is 20.3. The van der Waals surface area contributed by atoms with Gasteiger partial charge in [0.15, 0.2) is 0 Å². The molecule has 2 aliphatic heterocycles. The molecule has 0 aromatic heterocycles. The van der Waals surface area contributed by atoms with E-state index in [4.69, 9.17) is 0 Å². The molecule has 3 N–H and O–H groups in total. The molecule has 0 spiro atoms. The van der Waals surface area contributed by atoms with Crippen LogP contribution in [-0.2, 0) is 4.79 Å². The lowest BCUT2D eigenvalue weighted by molar-refractivity contribution is -0.127. The molecule has 3 amide bonds. The lowest BCUT2D eigenvalue weighted by atomic mass is 9.92. The minimum Gasteiger partial charge on any atom is -0.353 e. The highest BCUT2D eigenvalue weighted by molar-refractivity contribution is 5.85. The van der Waals surface area contributed by atoms with E-state index >= 15 is 0 Å². The Hall–Kier alpha value is -1.01. The molecule has 6 nitrogen and oxygen atoms in total. The Bertz CT molecular complexity index is 456. The summed E-state index contributed by atoms with van der Waals surface area (Å²) in [5, 5.41) is 9.74. The predicted molar refractivity (Wildman–Crippen MR) is 101 cm³/mol. The molecular weight excluding hydrogens is 340 g/mol.